The fourth-order valence-corrected chi connectivity index (χ4v) is 3.20. The number of halogens is 1. The van der Waals surface area contributed by atoms with Gasteiger partial charge in [0, 0.05) is 29.0 Å². The predicted octanol–water partition coefficient (Wildman–Crippen LogP) is 4.21. The van der Waals surface area contributed by atoms with Gasteiger partial charge in [0.15, 0.2) is 0 Å². The van der Waals surface area contributed by atoms with Gasteiger partial charge in [-0.05, 0) is 49.6 Å². The molecule has 0 aromatic heterocycles. The number of hydrogen-bond acceptors (Lipinski definition) is 3. The van der Waals surface area contributed by atoms with Crippen molar-refractivity contribution in [3.05, 3.63) is 54.6 Å². The van der Waals surface area contributed by atoms with E-state index < -0.39 is 0 Å². The van der Waals surface area contributed by atoms with Gasteiger partial charge in [0.05, 0.1) is 0 Å². The first kappa shape index (κ1) is 20.7. The molecule has 0 radical (unpaired) electrons. The molecule has 0 saturated heterocycles. The topological polar surface area (TPSA) is 96.2 Å². The maximum Gasteiger partial charge on any atom is 0.323 e. The van der Waals surface area contributed by atoms with Crippen molar-refractivity contribution in [1.29, 1.82) is 0 Å². The number of anilines is 3. The molecule has 2 aromatic rings. The number of carbonyl (C=O) groups excluding carboxylic acids is 2. The van der Waals surface area contributed by atoms with Crippen molar-refractivity contribution in [2.24, 2.45) is 11.7 Å². The number of benzene rings is 2. The lowest BCUT2D eigenvalue weighted by molar-refractivity contribution is -0.120. The molecule has 1 saturated carbocycles. The predicted molar refractivity (Wildman–Crippen MR) is 111 cm³/mol. The normalized spacial score (nSPS) is 18.7. The Hall–Kier alpha value is -2.57. The first-order valence-corrected chi connectivity index (χ1v) is 8.90. The Bertz CT molecular complexity index is 770. The van der Waals surface area contributed by atoms with Gasteiger partial charge in [0.2, 0.25) is 5.91 Å². The van der Waals surface area contributed by atoms with Crippen molar-refractivity contribution in [1.82, 2.24) is 0 Å². The van der Waals surface area contributed by atoms with Crippen LogP contribution in [-0.4, -0.2) is 18.0 Å². The van der Waals surface area contributed by atoms with Crippen LogP contribution in [0, 0.1) is 5.92 Å². The molecule has 6 nitrogen and oxygen atoms in total. The van der Waals surface area contributed by atoms with Gasteiger partial charge in [-0.15, -0.1) is 12.4 Å². The summed E-state index contributed by atoms with van der Waals surface area (Å²) in [6.45, 7) is 0. The number of rotatable bonds is 4. The van der Waals surface area contributed by atoms with E-state index in [1.165, 1.54) is 0 Å². The summed E-state index contributed by atoms with van der Waals surface area (Å²) in [5, 5.41) is 8.45. The van der Waals surface area contributed by atoms with Crippen molar-refractivity contribution in [2.45, 2.75) is 31.7 Å². The highest BCUT2D eigenvalue weighted by Crippen LogP contribution is 2.25. The molecule has 1 fully saturated rings. The van der Waals surface area contributed by atoms with Crippen molar-refractivity contribution in [2.75, 3.05) is 16.0 Å². The number of amides is 3. The van der Waals surface area contributed by atoms with Crippen LogP contribution in [0.15, 0.2) is 54.6 Å². The summed E-state index contributed by atoms with van der Waals surface area (Å²) < 4.78 is 0. The quantitative estimate of drug-likeness (QED) is 0.631. The molecule has 2 aromatic carbocycles. The fraction of sp³-hybridized carbons (Fsp3) is 0.300. The Morgan fingerprint density at radius 3 is 2.19 bits per heavy atom. The smallest absolute Gasteiger partial charge is 0.323 e. The summed E-state index contributed by atoms with van der Waals surface area (Å²) >= 11 is 0. The lowest BCUT2D eigenvalue weighted by atomic mass is 9.85. The summed E-state index contributed by atoms with van der Waals surface area (Å²) in [4.78, 5) is 24.5. The zero-order valence-electron chi connectivity index (χ0n) is 15.0. The molecule has 2 atom stereocenters. The minimum atomic E-state index is -0.335. The minimum Gasteiger partial charge on any atom is -0.328 e. The highest BCUT2D eigenvalue weighted by Gasteiger charge is 2.25. The summed E-state index contributed by atoms with van der Waals surface area (Å²) in [7, 11) is 0. The third-order valence-electron chi connectivity index (χ3n) is 4.51. The molecular formula is C20H25ClN4O2. The van der Waals surface area contributed by atoms with Crippen LogP contribution in [0.5, 0.6) is 0 Å². The fourth-order valence-electron chi connectivity index (χ4n) is 3.20. The number of para-hydroxylation sites is 1. The molecule has 144 valence electrons. The van der Waals surface area contributed by atoms with Crippen LogP contribution < -0.4 is 21.7 Å². The van der Waals surface area contributed by atoms with Crippen molar-refractivity contribution >= 4 is 41.4 Å². The molecule has 0 bridgehead atoms. The number of hydrogen-bond donors (Lipinski definition) is 4. The van der Waals surface area contributed by atoms with Gasteiger partial charge in [-0.2, -0.15) is 0 Å². The number of urea groups is 1. The molecule has 3 rings (SSSR count). The largest absolute Gasteiger partial charge is 0.328 e. The zero-order chi connectivity index (χ0) is 18.4. The van der Waals surface area contributed by atoms with Gasteiger partial charge in [0.25, 0.3) is 0 Å². The molecule has 27 heavy (non-hydrogen) atoms. The van der Waals surface area contributed by atoms with Gasteiger partial charge >= 0.3 is 6.03 Å². The molecule has 5 N–H and O–H groups in total. The van der Waals surface area contributed by atoms with Crippen LogP contribution in [0.2, 0.25) is 0 Å². The lowest BCUT2D eigenvalue weighted by Gasteiger charge is -2.25. The standard InChI is InChI=1S/C20H24N4O2.ClH/c21-15-7-4-6-14(12-15)19(25)22-17-10-5-11-18(13-17)24-20(26)23-16-8-2-1-3-9-16;/h1-3,5,8-11,13-15H,4,6-7,12,21H2,(H,22,25)(H2,23,24,26);1H. The Labute approximate surface area is 165 Å². The lowest BCUT2D eigenvalue weighted by Crippen LogP contribution is -2.34. The van der Waals surface area contributed by atoms with Crippen LogP contribution in [0.4, 0.5) is 21.9 Å². The van der Waals surface area contributed by atoms with E-state index in [0.717, 1.165) is 25.7 Å². The van der Waals surface area contributed by atoms with E-state index in [1.54, 1.807) is 24.3 Å². The average Bonchev–Trinajstić information content (AvgIpc) is 2.62. The van der Waals surface area contributed by atoms with Crippen LogP contribution in [0.3, 0.4) is 0 Å². The molecular weight excluding hydrogens is 364 g/mol. The molecule has 7 heteroatoms. The van der Waals surface area contributed by atoms with Gasteiger partial charge < -0.3 is 21.7 Å². The molecule has 0 spiro atoms. The second-order valence-electron chi connectivity index (χ2n) is 6.64. The first-order valence-electron chi connectivity index (χ1n) is 8.90. The molecule has 0 aliphatic heterocycles. The van der Waals surface area contributed by atoms with Crippen molar-refractivity contribution in [3.8, 4) is 0 Å². The number of nitrogens with one attached hydrogen (secondary N) is 3. The Morgan fingerprint density at radius 2 is 1.48 bits per heavy atom. The van der Waals surface area contributed by atoms with Crippen LogP contribution >= 0.6 is 12.4 Å². The number of carbonyl (C=O) groups is 2. The monoisotopic (exact) mass is 388 g/mol. The summed E-state index contributed by atoms with van der Waals surface area (Å²) in [6, 6.07) is 16.1. The van der Waals surface area contributed by atoms with Gasteiger partial charge in [-0.1, -0.05) is 30.7 Å². The summed E-state index contributed by atoms with van der Waals surface area (Å²) in [6.07, 6.45) is 3.57. The van der Waals surface area contributed by atoms with Crippen LogP contribution in [-0.2, 0) is 4.79 Å². The van der Waals surface area contributed by atoms with E-state index >= 15 is 0 Å². The van der Waals surface area contributed by atoms with Crippen LogP contribution in [0.1, 0.15) is 25.7 Å². The molecule has 0 heterocycles. The summed E-state index contributed by atoms with van der Waals surface area (Å²) in [5.74, 6) is -0.0530. The zero-order valence-corrected chi connectivity index (χ0v) is 15.8. The minimum absolute atomic E-state index is 0. The molecule has 2 unspecified atom stereocenters. The second-order valence-corrected chi connectivity index (χ2v) is 6.64. The van der Waals surface area contributed by atoms with Gasteiger partial charge in [-0.3, -0.25) is 4.79 Å². The van der Waals surface area contributed by atoms with E-state index in [1.807, 2.05) is 30.3 Å². The second kappa shape index (κ2) is 9.94. The average molecular weight is 389 g/mol. The van der Waals surface area contributed by atoms with E-state index in [2.05, 4.69) is 16.0 Å². The SMILES string of the molecule is Cl.NC1CCCC(C(=O)Nc2cccc(NC(=O)Nc3ccccc3)c2)C1. The molecule has 1 aliphatic rings. The molecule has 3 amide bonds. The van der Waals surface area contributed by atoms with E-state index in [-0.39, 0.29) is 36.3 Å². The maximum absolute atomic E-state index is 12.4. The van der Waals surface area contributed by atoms with Crippen LogP contribution in [0.25, 0.3) is 0 Å². The van der Waals surface area contributed by atoms with E-state index in [4.69, 9.17) is 5.73 Å². The molecule has 1 aliphatic carbocycles. The maximum atomic E-state index is 12.4. The van der Waals surface area contributed by atoms with E-state index in [0.29, 0.717) is 17.1 Å². The Balaban J connectivity index is 0.00000261. The highest BCUT2D eigenvalue weighted by molar-refractivity contribution is 6.00. The van der Waals surface area contributed by atoms with E-state index in [9.17, 15) is 9.59 Å². The highest BCUT2D eigenvalue weighted by atomic mass is 35.5. The first-order chi connectivity index (χ1) is 12.6. The third-order valence-corrected chi connectivity index (χ3v) is 4.51. The van der Waals surface area contributed by atoms with Crippen molar-refractivity contribution in [3.63, 3.8) is 0 Å². The Morgan fingerprint density at radius 1 is 0.852 bits per heavy atom. The summed E-state index contributed by atoms with van der Waals surface area (Å²) in [5.41, 5.74) is 7.94. The Kier molecular flexibility index (Phi) is 7.64. The van der Waals surface area contributed by atoms with Crippen molar-refractivity contribution < 1.29 is 9.59 Å². The van der Waals surface area contributed by atoms with Gasteiger partial charge in [0.1, 0.15) is 0 Å². The number of nitrogens with two attached hydrogens (primary N) is 1. The third kappa shape index (κ3) is 6.27. The van der Waals surface area contributed by atoms with Gasteiger partial charge in [-0.25, -0.2) is 4.79 Å².